The van der Waals surface area contributed by atoms with Crippen LogP contribution in [0.15, 0.2) is 47.9 Å². The Morgan fingerprint density at radius 2 is 1.80 bits per heavy atom. The highest BCUT2D eigenvalue weighted by Crippen LogP contribution is 2.21. The van der Waals surface area contributed by atoms with Crippen LogP contribution in [0.25, 0.3) is 11.3 Å². The molecule has 0 unspecified atom stereocenters. The molecule has 10 heteroatoms. The van der Waals surface area contributed by atoms with Gasteiger partial charge in [0.15, 0.2) is 11.5 Å². The molecule has 0 spiro atoms. The number of nitrogens with zero attached hydrogens (tertiary/aromatic N) is 6. The maximum Gasteiger partial charge on any atom is 0.410 e. The lowest BCUT2D eigenvalue weighted by atomic mass is 10.2. The van der Waals surface area contributed by atoms with Crippen LogP contribution in [-0.2, 0) is 4.74 Å². The van der Waals surface area contributed by atoms with E-state index in [4.69, 9.17) is 9.73 Å². The molecule has 9 nitrogen and oxygen atoms in total. The first-order valence-electron chi connectivity index (χ1n) is 14.2. The number of carbonyl (C=O) groups is 2. The molecule has 0 N–H and O–H groups in total. The quantitative estimate of drug-likeness (QED) is 0.318. The molecule has 0 radical (unpaired) electrons. The summed E-state index contributed by atoms with van der Waals surface area (Å²) in [6.45, 7) is 18.4. The number of hydrogen-bond acceptors (Lipinski definition) is 6. The molecule has 3 aromatic heterocycles. The van der Waals surface area contributed by atoms with Crippen molar-refractivity contribution in [2.45, 2.75) is 74.3 Å². The summed E-state index contributed by atoms with van der Waals surface area (Å²) in [5.74, 6) is -0.650. The average molecular weight is 569 g/mol. The van der Waals surface area contributed by atoms with Crippen molar-refractivity contribution >= 4 is 29.0 Å². The molecule has 0 fully saturated rings. The maximum absolute atomic E-state index is 14.8. The van der Waals surface area contributed by atoms with Crippen LogP contribution in [0.1, 0.15) is 77.9 Å². The number of rotatable bonds is 8. The van der Waals surface area contributed by atoms with Crippen LogP contribution in [0.2, 0.25) is 0 Å². The lowest BCUT2D eigenvalue weighted by molar-refractivity contribution is 0.0303. The van der Waals surface area contributed by atoms with E-state index in [-0.39, 0.29) is 17.6 Å². The summed E-state index contributed by atoms with van der Waals surface area (Å²) in [5, 5.41) is 0. The second kappa shape index (κ2) is 14.6. The van der Waals surface area contributed by atoms with Crippen molar-refractivity contribution in [3.05, 3.63) is 65.4 Å². The van der Waals surface area contributed by atoms with Gasteiger partial charge in [-0.3, -0.25) is 9.36 Å². The number of imidazole rings is 1. The first kappa shape index (κ1) is 33.3. The third-order valence-corrected chi connectivity index (χ3v) is 5.96. The van der Waals surface area contributed by atoms with E-state index >= 15 is 0 Å². The molecule has 224 valence electrons. The molecule has 0 aliphatic heterocycles. The van der Waals surface area contributed by atoms with Crippen LogP contribution in [0.3, 0.4) is 0 Å². The Bertz CT molecular complexity index is 1450. The number of likely N-dealkylation sites (N-methyl/N-ethyl adjacent to an activating group) is 2. The number of carbonyl (C=O) groups excluding carboxylic acids is 2. The zero-order chi connectivity index (χ0) is 30.9. The third kappa shape index (κ3) is 9.03. The van der Waals surface area contributed by atoms with Gasteiger partial charge in [-0.25, -0.2) is 19.2 Å². The minimum atomic E-state index is -0.567. The number of hydrogen-bond donors (Lipinski definition) is 0. The fourth-order valence-corrected chi connectivity index (χ4v) is 4.05. The molecule has 3 rings (SSSR count). The molecule has 0 saturated carbocycles. The van der Waals surface area contributed by atoms with Crippen molar-refractivity contribution in [1.29, 1.82) is 0 Å². The van der Waals surface area contributed by atoms with Gasteiger partial charge in [-0.15, -0.1) is 0 Å². The summed E-state index contributed by atoms with van der Waals surface area (Å²) >= 11 is 0. The molecule has 41 heavy (non-hydrogen) atoms. The molecule has 0 atom stereocenters. The normalized spacial score (nSPS) is 12.2. The molecule has 0 aliphatic carbocycles. The van der Waals surface area contributed by atoms with Crippen molar-refractivity contribution in [2.24, 2.45) is 4.99 Å². The van der Waals surface area contributed by atoms with Gasteiger partial charge in [0.25, 0.3) is 0 Å². The van der Waals surface area contributed by atoms with E-state index in [1.807, 2.05) is 67.5 Å². The summed E-state index contributed by atoms with van der Waals surface area (Å²) in [7, 11) is 1.70. The number of anilines is 1. The van der Waals surface area contributed by atoms with Crippen molar-refractivity contribution in [1.82, 2.24) is 18.9 Å². The summed E-state index contributed by atoms with van der Waals surface area (Å²) < 4.78 is 23.4. The van der Waals surface area contributed by atoms with E-state index in [0.717, 1.165) is 5.69 Å². The highest BCUT2D eigenvalue weighted by molar-refractivity contribution is 5.77. The summed E-state index contributed by atoms with van der Waals surface area (Å²) in [5.41, 5.74) is 2.78. The number of ether oxygens (including phenoxy) is 1. The third-order valence-electron chi connectivity index (χ3n) is 5.96. The number of halogens is 1. The minimum absolute atomic E-state index is 0.208. The standard InChI is InChI=1S/C29H39FN6O3.C2H6/c1-9-11-25(22-16-24(30)27-31-20(3)17-35(27)18-22)32-26-13-12-23(19-36(26)21(4)37)34(10-2)15-14-33(8)28(38)39-29(5,6)7;1-2/h11-13,16-19H,9-10,14-15H2,1-8H3;1-2H3/b25-11+,32-26?;. The van der Waals surface area contributed by atoms with E-state index < -0.39 is 11.4 Å². The molecule has 0 bridgehead atoms. The van der Waals surface area contributed by atoms with E-state index in [2.05, 4.69) is 9.88 Å². The lowest BCUT2D eigenvalue weighted by Crippen LogP contribution is -2.39. The Balaban J connectivity index is 0.00000287. The lowest BCUT2D eigenvalue weighted by Gasteiger charge is -2.28. The van der Waals surface area contributed by atoms with Crippen molar-refractivity contribution in [3.8, 4) is 0 Å². The summed E-state index contributed by atoms with van der Waals surface area (Å²) in [6, 6.07) is 5.08. The zero-order valence-corrected chi connectivity index (χ0v) is 26.2. The second-order valence-corrected chi connectivity index (χ2v) is 10.4. The molecule has 0 aliphatic rings. The Labute approximate surface area is 243 Å². The molecule has 0 aromatic carbocycles. The number of pyridine rings is 2. The van der Waals surface area contributed by atoms with E-state index in [0.29, 0.717) is 48.5 Å². The Morgan fingerprint density at radius 1 is 1.12 bits per heavy atom. The Hall–Kier alpha value is -3.95. The summed E-state index contributed by atoms with van der Waals surface area (Å²) in [4.78, 5) is 37.6. The number of fused-ring (bicyclic) bond motifs is 1. The number of amides is 1. The van der Waals surface area contributed by atoms with Gasteiger partial charge in [0.1, 0.15) is 11.1 Å². The second-order valence-electron chi connectivity index (χ2n) is 10.4. The largest absolute Gasteiger partial charge is 0.444 e. The van der Waals surface area contributed by atoms with Crippen LogP contribution in [-0.4, -0.2) is 63.1 Å². The number of aromatic nitrogens is 3. The van der Waals surface area contributed by atoms with Crippen LogP contribution in [0.5, 0.6) is 0 Å². The van der Waals surface area contributed by atoms with Crippen molar-refractivity contribution in [2.75, 3.05) is 31.6 Å². The molecule has 1 amide bonds. The fourth-order valence-electron chi connectivity index (χ4n) is 4.05. The zero-order valence-electron chi connectivity index (χ0n) is 26.2. The monoisotopic (exact) mass is 568 g/mol. The molecule has 3 aromatic rings. The van der Waals surface area contributed by atoms with Crippen LogP contribution in [0, 0.1) is 12.7 Å². The van der Waals surface area contributed by atoms with Crippen molar-refractivity contribution < 1.29 is 18.7 Å². The van der Waals surface area contributed by atoms with Crippen LogP contribution >= 0.6 is 0 Å². The highest BCUT2D eigenvalue weighted by atomic mass is 19.1. The first-order chi connectivity index (χ1) is 19.3. The number of allylic oxidation sites excluding steroid dienone is 1. The van der Waals surface area contributed by atoms with Gasteiger partial charge in [-0.2, -0.15) is 0 Å². The van der Waals surface area contributed by atoms with Gasteiger partial charge >= 0.3 is 6.09 Å². The van der Waals surface area contributed by atoms with Gasteiger partial charge in [0.05, 0.1) is 17.1 Å². The minimum Gasteiger partial charge on any atom is -0.444 e. The van der Waals surface area contributed by atoms with Gasteiger partial charge in [0, 0.05) is 57.8 Å². The first-order valence-corrected chi connectivity index (χ1v) is 14.2. The van der Waals surface area contributed by atoms with Gasteiger partial charge in [-0.05, 0) is 59.2 Å². The van der Waals surface area contributed by atoms with Gasteiger partial charge < -0.3 is 18.9 Å². The summed E-state index contributed by atoms with van der Waals surface area (Å²) in [6.07, 6.45) is 7.47. The fraction of sp³-hybridized carbons (Fsp3) is 0.484. The number of aryl methyl sites for hydroxylation is 1. The van der Waals surface area contributed by atoms with E-state index in [1.165, 1.54) is 22.5 Å². The van der Waals surface area contributed by atoms with Crippen molar-refractivity contribution in [3.63, 3.8) is 0 Å². The van der Waals surface area contributed by atoms with Gasteiger partial charge in [0.2, 0.25) is 5.91 Å². The molecular weight excluding hydrogens is 523 g/mol. The molecule has 3 heterocycles. The smallest absolute Gasteiger partial charge is 0.410 e. The molecular formula is C31H45FN6O3. The van der Waals surface area contributed by atoms with Crippen LogP contribution in [0.4, 0.5) is 14.9 Å². The van der Waals surface area contributed by atoms with E-state index in [9.17, 15) is 14.0 Å². The SMILES string of the molecule is CC.CC/C=C(/N=c1ccc(N(CC)CCN(C)C(=O)OC(C)(C)C)cn1C(C)=O)c1cc(F)c2nc(C)cn2c1. The molecule has 0 saturated heterocycles. The Morgan fingerprint density at radius 3 is 2.39 bits per heavy atom. The maximum atomic E-state index is 14.8. The van der Waals surface area contributed by atoms with Gasteiger partial charge in [-0.1, -0.05) is 26.8 Å². The predicted molar refractivity (Wildman–Crippen MR) is 163 cm³/mol. The van der Waals surface area contributed by atoms with E-state index in [1.54, 1.807) is 36.1 Å². The predicted octanol–water partition coefficient (Wildman–Crippen LogP) is 6.31. The average Bonchev–Trinajstić information content (AvgIpc) is 3.30. The highest BCUT2D eigenvalue weighted by Gasteiger charge is 2.20. The Kier molecular flexibility index (Phi) is 11.9. The van der Waals surface area contributed by atoms with Crippen LogP contribution < -0.4 is 10.4 Å². The topological polar surface area (TPSA) is 84.4 Å².